The maximum Gasteiger partial charge on any atom is 0.263 e. The summed E-state index contributed by atoms with van der Waals surface area (Å²) in [5.74, 6) is -0.134. The Balaban J connectivity index is 1.71. The van der Waals surface area contributed by atoms with Gasteiger partial charge in [-0.05, 0) is 19.9 Å². The van der Waals surface area contributed by atoms with E-state index in [-0.39, 0.29) is 23.5 Å². The van der Waals surface area contributed by atoms with Crippen LogP contribution in [0.2, 0.25) is 0 Å². The number of rotatable bonds is 3. The molecule has 1 aliphatic rings. The number of hydrogen-bond acceptors (Lipinski definition) is 5. The molecule has 132 valence electrons. The summed E-state index contributed by atoms with van der Waals surface area (Å²) >= 11 is 0. The molecule has 0 amide bonds. The normalized spacial score (nSPS) is 15.6. The highest BCUT2D eigenvalue weighted by atomic mass is 16.5. The predicted octanol–water partition coefficient (Wildman–Crippen LogP) is 2.53. The van der Waals surface area contributed by atoms with Crippen LogP contribution >= 0.6 is 0 Å². The van der Waals surface area contributed by atoms with E-state index in [0.717, 1.165) is 11.3 Å². The van der Waals surface area contributed by atoms with Crippen LogP contribution < -0.4 is 5.56 Å². The van der Waals surface area contributed by atoms with Crippen molar-refractivity contribution in [3.8, 4) is 0 Å². The Hall–Kier alpha value is -2.86. The number of ketones is 1. The molecule has 6 nitrogen and oxygen atoms in total. The van der Waals surface area contributed by atoms with Crippen LogP contribution in [0.25, 0.3) is 11.0 Å². The molecular weight excluding hydrogens is 330 g/mol. The number of ether oxygens (including phenoxy) is 1. The van der Waals surface area contributed by atoms with Gasteiger partial charge in [-0.2, -0.15) is 0 Å². The Labute approximate surface area is 150 Å². The number of fused-ring (bicyclic) bond motifs is 2. The van der Waals surface area contributed by atoms with Gasteiger partial charge >= 0.3 is 0 Å². The molecule has 1 aliphatic heterocycles. The molecule has 0 N–H and O–H groups in total. The Morgan fingerprint density at radius 2 is 2.04 bits per heavy atom. The topological polar surface area (TPSA) is 74.1 Å². The average Bonchev–Trinajstić information content (AvgIpc) is 2.63. The summed E-state index contributed by atoms with van der Waals surface area (Å²) in [5.41, 5.74) is 2.26. The Bertz CT molecular complexity index is 1060. The molecule has 0 radical (unpaired) electrons. The lowest BCUT2D eigenvalue weighted by Gasteiger charge is -2.31. The van der Waals surface area contributed by atoms with Crippen molar-refractivity contribution in [3.63, 3.8) is 0 Å². The molecule has 0 atom stereocenters. The average molecular weight is 349 g/mol. The first-order valence-electron chi connectivity index (χ1n) is 8.53. The van der Waals surface area contributed by atoms with E-state index in [1.165, 1.54) is 10.9 Å². The third-order valence-electron chi connectivity index (χ3n) is 4.60. The molecule has 6 heteroatoms. The summed E-state index contributed by atoms with van der Waals surface area (Å²) in [4.78, 5) is 34.0. The second kappa shape index (κ2) is 6.14. The van der Waals surface area contributed by atoms with Crippen LogP contribution in [0.5, 0.6) is 0 Å². The molecule has 0 spiro atoms. The van der Waals surface area contributed by atoms with Crippen molar-refractivity contribution in [2.75, 3.05) is 0 Å². The summed E-state index contributed by atoms with van der Waals surface area (Å²) in [7, 11) is 0. The lowest BCUT2D eigenvalue weighted by Crippen LogP contribution is -2.33. The van der Waals surface area contributed by atoms with Crippen LogP contribution in [0, 0.1) is 0 Å². The fourth-order valence-electron chi connectivity index (χ4n) is 3.16. The molecule has 0 saturated carbocycles. The van der Waals surface area contributed by atoms with Gasteiger partial charge in [0.15, 0.2) is 11.4 Å². The minimum atomic E-state index is -0.273. The largest absolute Gasteiger partial charge is 0.370 e. The summed E-state index contributed by atoms with van der Waals surface area (Å²) in [6, 6.07) is 10.7. The zero-order valence-electron chi connectivity index (χ0n) is 14.7. The molecule has 3 aromatic rings. The van der Waals surface area contributed by atoms with Gasteiger partial charge in [0, 0.05) is 17.5 Å². The second-order valence-electron chi connectivity index (χ2n) is 7.16. The first-order chi connectivity index (χ1) is 12.4. The van der Waals surface area contributed by atoms with Crippen molar-refractivity contribution in [3.05, 3.63) is 69.9 Å². The first kappa shape index (κ1) is 16.6. The lowest BCUT2D eigenvalue weighted by atomic mass is 9.95. The third-order valence-corrected chi connectivity index (χ3v) is 4.60. The maximum atomic E-state index is 12.8. The van der Waals surface area contributed by atoms with Crippen LogP contribution in [-0.4, -0.2) is 25.9 Å². The minimum absolute atomic E-state index is 0.0492. The summed E-state index contributed by atoms with van der Waals surface area (Å²) in [6.45, 7) is 4.40. The quantitative estimate of drug-likeness (QED) is 0.679. The van der Waals surface area contributed by atoms with Crippen molar-refractivity contribution in [2.24, 2.45) is 0 Å². The van der Waals surface area contributed by atoms with Crippen LogP contribution in [0.15, 0.2) is 47.5 Å². The van der Waals surface area contributed by atoms with Crippen LogP contribution in [-0.2, 0) is 24.3 Å². The number of nitrogens with zero attached hydrogens (tertiary/aromatic N) is 3. The van der Waals surface area contributed by atoms with E-state index in [1.807, 2.05) is 19.9 Å². The number of aromatic nitrogens is 3. The molecule has 0 saturated heterocycles. The minimum Gasteiger partial charge on any atom is -0.370 e. The van der Waals surface area contributed by atoms with E-state index in [0.29, 0.717) is 29.6 Å². The Morgan fingerprint density at radius 1 is 1.27 bits per heavy atom. The number of pyridine rings is 1. The molecule has 4 rings (SSSR count). The van der Waals surface area contributed by atoms with Gasteiger partial charge in [-0.15, -0.1) is 0 Å². The van der Waals surface area contributed by atoms with Crippen molar-refractivity contribution in [1.29, 1.82) is 0 Å². The van der Waals surface area contributed by atoms with E-state index in [9.17, 15) is 9.59 Å². The standard InChI is InChI=1S/C20H19N3O3/c1-20(2)9-16-14(11-26-20)8-15-18(22-16)21-12-23(19(15)25)10-17(24)13-6-4-3-5-7-13/h3-8,12H,9-11H2,1-2H3. The van der Waals surface area contributed by atoms with Crippen LogP contribution in [0.4, 0.5) is 0 Å². The molecule has 1 aromatic carbocycles. The second-order valence-corrected chi connectivity index (χ2v) is 7.16. The molecule has 26 heavy (non-hydrogen) atoms. The fourth-order valence-corrected chi connectivity index (χ4v) is 3.16. The SMILES string of the molecule is CC1(C)Cc2nc3ncn(CC(=O)c4ccccc4)c(=O)c3cc2CO1. The fraction of sp³-hybridized carbons (Fsp3) is 0.300. The van der Waals surface area contributed by atoms with E-state index >= 15 is 0 Å². The van der Waals surface area contributed by atoms with Crippen molar-refractivity contribution < 1.29 is 9.53 Å². The molecule has 0 fully saturated rings. The molecule has 3 heterocycles. The monoisotopic (exact) mass is 349 g/mol. The van der Waals surface area contributed by atoms with Gasteiger partial charge in [-0.3, -0.25) is 14.2 Å². The van der Waals surface area contributed by atoms with Crippen molar-refractivity contribution in [1.82, 2.24) is 14.5 Å². The molecular formula is C20H19N3O3. The molecule has 0 bridgehead atoms. The third kappa shape index (κ3) is 3.04. The summed E-state index contributed by atoms with van der Waals surface area (Å²) in [5, 5.41) is 0.412. The van der Waals surface area contributed by atoms with Gasteiger partial charge in [0.05, 0.1) is 29.8 Å². The van der Waals surface area contributed by atoms with E-state index < -0.39 is 0 Å². The summed E-state index contributed by atoms with van der Waals surface area (Å²) < 4.78 is 7.14. The van der Waals surface area contributed by atoms with Crippen LogP contribution in [0.3, 0.4) is 0 Å². The zero-order valence-corrected chi connectivity index (χ0v) is 14.7. The smallest absolute Gasteiger partial charge is 0.263 e. The number of carbonyl (C=O) groups is 1. The first-order valence-corrected chi connectivity index (χ1v) is 8.53. The number of hydrogen-bond donors (Lipinski definition) is 0. The molecule has 2 aromatic heterocycles. The Kier molecular flexibility index (Phi) is 3.92. The van der Waals surface area contributed by atoms with Gasteiger partial charge in [0.2, 0.25) is 0 Å². The number of benzene rings is 1. The van der Waals surface area contributed by atoms with Gasteiger partial charge in [-0.25, -0.2) is 9.97 Å². The van der Waals surface area contributed by atoms with Crippen LogP contribution in [0.1, 0.15) is 35.5 Å². The Morgan fingerprint density at radius 3 is 2.81 bits per heavy atom. The maximum absolute atomic E-state index is 12.8. The zero-order chi connectivity index (χ0) is 18.3. The highest BCUT2D eigenvalue weighted by Crippen LogP contribution is 2.27. The highest BCUT2D eigenvalue weighted by molar-refractivity contribution is 5.95. The molecule has 0 aliphatic carbocycles. The van der Waals surface area contributed by atoms with Crippen molar-refractivity contribution >= 4 is 16.8 Å². The van der Waals surface area contributed by atoms with Gasteiger partial charge < -0.3 is 4.74 Å². The van der Waals surface area contributed by atoms with E-state index in [4.69, 9.17) is 4.74 Å². The summed E-state index contributed by atoms with van der Waals surface area (Å²) in [6.07, 6.45) is 2.07. The van der Waals surface area contributed by atoms with Gasteiger partial charge in [-0.1, -0.05) is 30.3 Å². The lowest BCUT2D eigenvalue weighted by molar-refractivity contribution is -0.0411. The number of carbonyl (C=O) groups excluding carboxylic acids is 1. The predicted molar refractivity (Wildman–Crippen MR) is 97.1 cm³/mol. The van der Waals surface area contributed by atoms with E-state index in [2.05, 4.69) is 9.97 Å². The van der Waals surface area contributed by atoms with Gasteiger partial charge in [0.1, 0.15) is 6.33 Å². The van der Waals surface area contributed by atoms with Gasteiger partial charge in [0.25, 0.3) is 5.56 Å². The van der Waals surface area contributed by atoms with E-state index in [1.54, 1.807) is 30.3 Å². The highest BCUT2D eigenvalue weighted by Gasteiger charge is 2.28. The number of Topliss-reactive ketones (excluding diaryl/α,β-unsaturated/α-hetero) is 1. The van der Waals surface area contributed by atoms with Crippen molar-refractivity contribution in [2.45, 2.75) is 39.0 Å². The molecule has 0 unspecified atom stereocenters.